The average molecular weight is 301 g/mol. The molecule has 1 aliphatic rings. The van der Waals surface area contributed by atoms with Crippen LogP contribution < -0.4 is 5.32 Å². The largest absolute Gasteiger partial charge is 0.388 e. The summed E-state index contributed by atoms with van der Waals surface area (Å²) in [6, 6.07) is 8.12. The van der Waals surface area contributed by atoms with Crippen LogP contribution >= 0.6 is 11.3 Å². The Morgan fingerprint density at radius 3 is 2.90 bits per heavy atom. The number of hydrogen-bond acceptors (Lipinski definition) is 3. The van der Waals surface area contributed by atoms with E-state index in [0.717, 1.165) is 33.7 Å². The van der Waals surface area contributed by atoms with E-state index >= 15 is 0 Å². The van der Waals surface area contributed by atoms with Crippen molar-refractivity contribution in [1.82, 2.24) is 0 Å². The van der Waals surface area contributed by atoms with Crippen LogP contribution in [0.3, 0.4) is 0 Å². The summed E-state index contributed by atoms with van der Waals surface area (Å²) in [5.41, 5.74) is 3.83. The number of anilines is 1. The van der Waals surface area contributed by atoms with Gasteiger partial charge in [-0.15, -0.1) is 11.3 Å². The molecule has 0 saturated carbocycles. The summed E-state index contributed by atoms with van der Waals surface area (Å²) in [5.74, 6) is -0.123. The van der Waals surface area contributed by atoms with Gasteiger partial charge >= 0.3 is 0 Å². The zero-order valence-electron chi connectivity index (χ0n) is 12.2. The molecule has 3 nitrogen and oxygen atoms in total. The summed E-state index contributed by atoms with van der Waals surface area (Å²) in [6.45, 7) is 4.00. The predicted octanol–water partition coefficient (Wildman–Crippen LogP) is 3.64. The number of hydrogen-bond donors (Lipinski definition) is 2. The van der Waals surface area contributed by atoms with E-state index in [9.17, 15) is 9.90 Å². The second-order valence-electron chi connectivity index (χ2n) is 5.51. The van der Waals surface area contributed by atoms with Crippen molar-refractivity contribution >= 4 is 22.9 Å². The van der Waals surface area contributed by atoms with Gasteiger partial charge < -0.3 is 10.4 Å². The van der Waals surface area contributed by atoms with Crippen LogP contribution in [0.1, 0.15) is 47.4 Å². The number of fused-ring (bicyclic) bond motifs is 1. The summed E-state index contributed by atoms with van der Waals surface area (Å²) < 4.78 is 0. The fourth-order valence-corrected chi connectivity index (χ4v) is 3.55. The molecule has 0 aliphatic carbocycles. The molecular formula is C17H19NO2S. The average Bonchev–Trinajstić information content (AvgIpc) is 3.08. The van der Waals surface area contributed by atoms with Crippen LogP contribution in [0, 0.1) is 0 Å². The normalized spacial score (nSPS) is 18.4. The Morgan fingerprint density at radius 1 is 1.43 bits per heavy atom. The Labute approximate surface area is 128 Å². The first-order valence-electron chi connectivity index (χ1n) is 7.28. The van der Waals surface area contributed by atoms with Crippen molar-refractivity contribution in [3.05, 3.63) is 51.2 Å². The van der Waals surface area contributed by atoms with Crippen LogP contribution in [0.25, 0.3) is 0 Å². The van der Waals surface area contributed by atoms with Crippen LogP contribution in [0.2, 0.25) is 0 Å². The predicted molar refractivity (Wildman–Crippen MR) is 85.8 cm³/mol. The lowest BCUT2D eigenvalue weighted by Crippen LogP contribution is -2.10. The summed E-state index contributed by atoms with van der Waals surface area (Å²) in [5, 5.41) is 15.5. The minimum absolute atomic E-state index is 0.0165. The van der Waals surface area contributed by atoms with Crippen molar-refractivity contribution in [2.75, 3.05) is 5.32 Å². The Kier molecular flexibility index (Phi) is 3.83. The first kappa shape index (κ1) is 14.3. The highest BCUT2D eigenvalue weighted by Gasteiger charge is 2.30. The molecule has 1 amide bonds. The third-order valence-electron chi connectivity index (χ3n) is 4.11. The quantitative estimate of drug-likeness (QED) is 0.905. The van der Waals surface area contributed by atoms with Gasteiger partial charge in [0.15, 0.2) is 0 Å². The number of rotatable bonds is 4. The number of aryl methyl sites for hydroxylation is 1. The van der Waals surface area contributed by atoms with E-state index < -0.39 is 6.10 Å². The summed E-state index contributed by atoms with van der Waals surface area (Å²) in [7, 11) is 0. The SMILES string of the molecule is CCc1cc(C(O)Cc2cccs2)c2c(c1)C(C)C(=O)N2. The lowest BCUT2D eigenvalue weighted by molar-refractivity contribution is -0.116. The third-order valence-corrected chi connectivity index (χ3v) is 5.01. The van der Waals surface area contributed by atoms with E-state index in [-0.39, 0.29) is 11.8 Å². The maximum Gasteiger partial charge on any atom is 0.231 e. The van der Waals surface area contributed by atoms with Gasteiger partial charge in [0, 0.05) is 16.9 Å². The maximum atomic E-state index is 11.9. The van der Waals surface area contributed by atoms with Gasteiger partial charge in [-0.05, 0) is 35.9 Å². The van der Waals surface area contributed by atoms with Crippen LogP contribution in [0.5, 0.6) is 0 Å². The zero-order chi connectivity index (χ0) is 15.0. The molecule has 2 N–H and O–H groups in total. The number of carbonyl (C=O) groups excluding carboxylic acids is 1. The third kappa shape index (κ3) is 2.61. The standard InChI is InChI=1S/C17H19NO2S/c1-3-11-7-13-10(2)17(20)18-16(13)14(8-11)15(19)9-12-5-4-6-21-12/h4-8,10,15,19H,3,9H2,1-2H3,(H,18,20). The fraction of sp³-hybridized carbons (Fsp3) is 0.353. The molecule has 4 heteroatoms. The van der Waals surface area contributed by atoms with Crippen LogP contribution in [-0.4, -0.2) is 11.0 Å². The van der Waals surface area contributed by atoms with Gasteiger partial charge in [0.05, 0.1) is 17.7 Å². The molecule has 110 valence electrons. The molecule has 21 heavy (non-hydrogen) atoms. The molecule has 0 spiro atoms. The molecule has 2 heterocycles. The van der Waals surface area contributed by atoms with Crippen molar-refractivity contribution in [3.63, 3.8) is 0 Å². The summed E-state index contributed by atoms with van der Waals surface area (Å²) in [4.78, 5) is 13.1. The van der Waals surface area contributed by atoms with Crippen LogP contribution in [-0.2, 0) is 17.6 Å². The Morgan fingerprint density at radius 2 is 2.24 bits per heavy atom. The molecule has 1 aromatic carbocycles. The summed E-state index contributed by atoms with van der Waals surface area (Å²) in [6.07, 6.45) is 0.892. The monoisotopic (exact) mass is 301 g/mol. The number of thiophene rings is 1. The minimum atomic E-state index is -0.588. The number of amides is 1. The zero-order valence-corrected chi connectivity index (χ0v) is 13.0. The minimum Gasteiger partial charge on any atom is -0.388 e. The Hall–Kier alpha value is -1.65. The van der Waals surface area contributed by atoms with E-state index in [4.69, 9.17) is 0 Å². The van der Waals surface area contributed by atoms with Gasteiger partial charge in [-0.25, -0.2) is 0 Å². The molecule has 0 fully saturated rings. The first-order valence-corrected chi connectivity index (χ1v) is 8.16. The van der Waals surface area contributed by atoms with E-state index in [1.807, 2.05) is 30.5 Å². The van der Waals surface area contributed by atoms with Gasteiger partial charge in [-0.2, -0.15) is 0 Å². The number of nitrogens with one attached hydrogen (secondary N) is 1. The van der Waals surface area contributed by atoms with Crippen molar-refractivity contribution in [1.29, 1.82) is 0 Å². The lowest BCUT2D eigenvalue weighted by Gasteiger charge is -2.16. The smallest absolute Gasteiger partial charge is 0.231 e. The van der Waals surface area contributed by atoms with Crippen molar-refractivity contribution in [2.24, 2.45) is 0 Å². The van der Waals surface area contributed by atoms with Crippen LogP contribution in [0.15, 0.2) is 29.6 Å². The number of aliphatic hydroxyl groups excluding tert-OH is 1. The fourth-order valence-electron chi connectivity index (χ4n) is 2.81. The highest BCUT2D eigenvalue weighted by Crippen LogP contribution is 2.39. The molecule has 2 atom stereocenters. The topological polar surface area (TPSA) is 49.3 Å². The molecule has 3 rings (SSSR count). The van der Waals surface area contributed by atoms with Gasteiger partial charge in [-0.3, -0.25) is 4.79 Å². The molecule has 0 bridgehead atoms. The molecular weight excluding hydrogens is 282 g/mol. The Bertz CT molecular complexity index is 664. The van der Waals surface area contributed by atoms with Gasteiger partial charge in [0.25, 0.3) is 0 Å². The first-order chi connectivity index (χ1) is 10.1. The van der Waals surface area contributed by atoms with Crippen LogP contribution in [0.4, 0.5) is 5.69 Å². The number of carbonyl (C=O) groups is 1. The second-order valence-corrected chi connectivity index (χ2v) is 6.55. The molecule has 0 saturated heterocycles. The number of benzene rings is 1. The highest BCUT2D eigenvalue weighted by molar-refractivity contribution is 7.09. The highest BCUT2D eigenvalue weighted by atomic mass is 32.1. The van der Waals surface area contributed by atoms with Gasteiger partial charge in [0.1, 0.15) is 0 Å². The van der Waals surface area contributed by atoms with Crippen molar-refractivity contribution < 1.29 is 9.90 Å². The van der Waals surface area contributed by atoms with E-state index in [0.29, 0.717) is 6.42 Å². The number of aliphatic hydroxyl groups is 1. The lowest BCUT2D eigenvalue weighted by atomic mass is 9.93. The molecule has 1 aliphatic heterocycles. The maximum absolute atomic E-state index is 11.9. The molecule has 2 aromatic rings. The van der Waals surface area contributed by atoms with E-state index in [2.05, 4.69) is 18.3 Å². The van der Waals surface area contributed by atoms with Gasteiger partial charge in [-0.1, -0.05) is 25.1 Å². The summed E-state index contributed by atoms with van der Waals surface area (Å²) >= 11 is 1.64. The van der Waals surface area contributed by atoms with Crippen molar-refractivity contribution in [2.45, 2.75) is 38.7 Å². The molecule has 1 aromatic heterocycles. The van der Waals surface area contributed by atoms with Gasteiger partial charge in [0.2, 0.25) is 5.91 Å². The second kappa shape index (κ2) is 5.62. The van der Waals surface area contributed by atoms with E-state index in [1.54, 1.807) is 11.3 Å². The van der Waals surface area contributed by atoms with Crippen molar-refractivity contribution in [3.8, 4) is 0 Å². The molecule has 2 unspecified atom stereocenters. The molecule has 0 radical (unpaired) electrons. The Balaban J connectivity index is 2.00. The van der Waals surface area contributed by atoms with E-state index in [1.165, 1.54) is 0 Å².